The molecule has 0 aliphatic carbocycles. The number of anilines is 1. The molecule has 0 aliphatic heterocycles. The number of alkyl halides is 1. The van der Waals surface area contributed by atoms with Gasteiger partial charge in [-0.05, 0) is 20.8 Å². The SMILES string of the molecule is CCOc1ncnc(N(CC)CCOCCCl)c1C. The summed E-state index contributed by atoms with van der Waals surface area (Å²) >= 11 is 5.57. The third-order valence-corrected chi connectivity index (χ3v) is 2.85. The van der Waals surface area contributed by atoms with Crippen molar-refractivity contribution in [2.75, 3.05) is 43.7 Å². The number of nitrogens with zero attached hydrogens (tertiary/aromatic N) is 3. The number of hydrogen-bond acceptors (Lipinski definition) is 5. The summed E-state index contributed by atoms with van der Waals surface area (Å²) in [6.45, 7) is 9.44. The minimum atomic E-state index is 0.521. The molecule has 0 aliphatic rings. The molecule has 1 aromatic heterocycles. The third-order valence-electron chi connectivity index (χ3n) is 2.70. The first kappa shape index (κ1) is 16.0. The van der Waals surface area contributed by atoms with E-state index in [4.69, 9.17) is 21.1 Å². The molecule has 1 heterocycles. The number of aromatic nitrogens is 2. The summed E-state index contributed by atoms with van der Waals surface area (Å²) in [6.07, 6.45) is 1.54. The highest BCUT2D eigenvalue weighted by molar-refractivity contribution is 6.17. The summed E-state index contributed by atoms with van der Waals surface area (Å²) in [4.78, 5) is 10.6. The van der Waals surface area contributed by atoms with Crippen molar-refractivity contribution in [1.82, 2.24) is 9.97 Å². The highest BCUT2D eigenvalue weighted by atomic mass is 35.5. The molecule has 0 amide bonds. The monoisotopic (exact) mass is 287 g/mol. The molecule has 108 valence electrons. The van der Waals surface area contributed by atoms with Gasteiger partial charge in [-0.1, -0.05) is 0 Å². The zero-order valence-electron chi connectivity index (χ0n) is 11.9. The standard InChI is InChI=1S/C13H22ClN3O2/c1-4-17(7-9-18-8-6-14)12-11(3)13(19-5-2)16-10-15-12/h10H,4-9H2,1-3H3. The molecule has 0 atom stereocenters. The van der Waals surface area contributed by atoms with Crippen molar-refractivity contribution in [2.45, 2.75) is 20.8 Å². The molecule has 1 rings (SSSR count). The van der Waals surface area contributed by atoms with Gasteiger partial charge in [-0.15, -0.1) is 11.6 Å². The Morgan fingerprint density at radius 2 is 2.05 bits per heavy atom. The minimum absolute atomic E-state index is 0.521. The first-order valence-corrected chi connectivity index (χ1v) is 7.11. The van der Waals surface area contributed by atoms with E-state index in [0.717, 1.165) is 24.5 Å². The van der Waals surface area contributed by atoms with E-state index in [9.17, 15) is 0 Å². The van der Waals surface area contributed by atoms with E-state index in [0.29, 0.717) is 31.6 Å². The van der Waals surface area contributed by atoms with Gasteiger partial charge in [-0.3, -0.25) is 0 Å². The fourth-order valence-corrected chi connectivity index (χ4v) is 1.88. The van der Waals surface area contributed by atoms with Gasteiger partial charge in [0.1, 0.15) is 12.1 Å². The number of halogens is 1. The lowest BCUT2D eigenvalue weighted by atomic mass is 10.3. The van der Waals surface area contributed by atoms with Gasteiger partial charge in [0.2, 0.25) is 5.88 Å². The lowest BCUT2D eigenvalue weighted by molar-refractivity contribution is 0.155. The lowest BCUT2D eigenvalue weighted by Crippen LogP contribution is -2.29. The van der Waals surface area contributed by atoms with Gasteiger partial charge in [-0.2, -0.15) is 0 Å². The van der Waals surface area contributed by atoms with Crippen LogP contribution in [0.4, 0.5) is 5.82 Å². The molecule has 0 N–H and O–H groups in total. The van der Waals surface area contributed by atoms with E-state index in [2.05, 4.69) is 21.8 Å². The van der Waals surface area contributed by atoms with E-state index < -0.39 is 0 Å². The highest BCUT2D eigenvalue weighted by Gasteiger charge is 2.13. The molecule has 0 saturated carbocycles. The Hall–Kier alpha value is -1.07. The second kappa shape index (κ2) is 8.93. The smallest absolute Gasteiger partial charge is 0.221 e. The normalized spacial score (nSPS) is 10.5. The Balaban J connectivity index is 2.71. The summed E-state index contributed by atoms with van der Waals surface area (Å²) < 4.78 is 10.9. The van der Waals surface area contributed by atoms with E-state index in [1.807, 2.05) is 13.8 Å². The van der Waals surface area contributed by atoms with Crippen LogP contribution >= 0.6 is 11.6 Å². The average Bonchev–Trinajstić information content (AvgIpc) is 2.42. The van der Waals surface area contributed by atoms with Crippen LogP contribution in [0.5, 0.6) is 5.88 Å². The molecule has 0 spiro atoms. The van der Waals surface area contributed by atoms with Gasteiger partial charge in [0.05, 0.1) is 25.4 Å². The Bertz CT molecular complexity index is 377. The molecule has 0 aromatic carbocycles. The number of hydrogen-bond donors (Lipinski definition) is 0. The largest absolute Gasteiger partial charge is 0.478 e. The molecule has 0 unspecified atom stereocenters. The van der Waals surface area contributed by atoms with Crippen LogP contribution in [0, 0.1) is 6.92 Å². The van der Waals surface area contributed by atoms with E-state index in [1.54, 1.807) is 0 Å². The van der Waals surface area contributed by atoms with Crippen LogP contribution in [0.3, 0.4) is 0 Å². The zero-order chi connectivity index (χ0) is 14.1. The molecule has 5 nitrogen and oxygen atoms in total. The third kappa shape index (κ3) is 4.84. The van der Waals surface area contributed by atoms with Crippen LogP contribution in [0.2, 0.25) is 0 Å². The molecule has 0 radical (unpaired) electrons. The second-order valence-corrected chi connectivity index (χ2v) is 4.32. The highest BCUT2D eigenvalue weighted by Crippen LogP contribution is 2.23. The molecular formula is C13H22ClN3O2. The summed E-state index contributed by atoms with van der Waals surface area (Å²) in [5, 5.41) is 0. The fourth-order valence-electron chi connectivity index (χ4n) is 1.77. The van der Waals surface area contributed by atoms with Crippen LogP contribution in [0.1, 0.15) is 19.4 Å². The molecule has 0 saturated heterocycles. The van der Waals surface area contributed by atoms with E-state index >= 15 is 0 Å². The topological polar surface area (TPSA) is 47.5 Å². The van der Waals surface area contributed by atoms with Gasteiger partial charge in [0.15, 0.2) is 0 Å². The predicted octanol–water partition coefficient (Wildman–Crippen LogP) is 2.27. The molecule has 0 bridgehead atoms. The Kier molecular flexibility index (Phi) is 7.52. The maximum atomic E-state index is 5.57. The number of likely N-dealkylation sites (N-methyl/N-ethyl adjacent to an activating group) is 1. The minimum Gasteiger partial charge on any atom is -0.478 e. The first-order chi connectivity index (χ1) is 9.24. The molecule has 1 aromatic rings. The Labute approximate surface area is 119 Å². The van der Waals surface area contributed by atoms with Crippen LogP contribution < -0.4 is 9.64 Å². The maximum absolute atomic E-state index is 5.57. The van der Waals surface area contributed by atoms with Crippen LogP contribution in [0.25, 0.3) is 0 Å². The van der Waals surface area contributed by atoms with Gasteiger partial charge in [-0.25, -0.2) is 9.97 Å². The first-order valence-electron chi connectivity index (χ1n) is 6.57. The number of rotatable bonds is 9. The lowest BCUT2D eigenvalue weighted by Gasteiger charge is -2.23. The van der Waals surface area contributed by atoms with Crippen molar-refractivity contribution in [2.24, 2.45) is 0 Å². The van der Waals surface area contributed by atoms with E-state index in [1.165, 1.54) is 6.33 Å². The van der Waals surface area contributed by atoms with Crippen molar-refractivity contribution < 1.29 is 9.47 Å². The van der Waals surface area contributed by atoms with Gasteiger partial charge >= 0.3 is 0 Å². The quantitative estimate of drug-likeness (QED) is 0.515. The van der Waals surface area contributed by atoms with Crippen LogP contribution in [-0.4, -0.2) is 48.8 Å². The summed E-state index contributed by atoms with van der Waals surface area (Å²) in [7, 11) is 0. The molecule has 6 heteroatoms. The molecular weight excluding hydrogens is 266 g/mol. The summed E-state index contributed by atoms with van der Waals surface area (Å²) in [6, 6.07) is 0. The maximum Gasteiger partial charge on any atom is 0.221 e. The Morgan fingerprint density at radius 1 is 1.26 bits per heavy atom. The fraction of sp³-hybridized carbons (Fsp3) is 0.692. The van der Waals surface area contributed by atoms with Crippen molar-refractivity contribution in [3.8, 4) is 5.88 Å². The van der Waals surface area contributed by atoms with E-state index in [-0.39, 0.29) is 0 Å². The van der Waals surface area contributed by atoms with Crippen molar-refractivity contribution in [1.29, 1.82) is 0 Å². The van der Waals surface area contributed by atoms with Gasteiger partial charge in [0, 0.05) is 19.0 Å². The van der Waals surface area contributed by atoms with Gasteiger partial charge in [0.25, 0.3) is 0 Å². The number of ether oxygens (including phenoxy) is 2. The predicted molar refractivity (Wildman–Crippen MR) is 77.4 cm³/mol. The van der Waals surface area contributed by atoms with Crippen molar-refractivity contribution >= 4 is 17.4 Å². The Morgan fingerprint density at radius 3 is 2.68 bits per heavy atom. The van der Waals surface area contributed by atoms with Crippen molar-refractivity contribution in [3.63, 3.8) is 0 Å². The molecule has 19 heavy (non-hydrogen) atoms. The van der Waals surface area contributed by atoms with Gasteiger partial charge < -0.3 is 14.4 Å². The zero-order valence-corrected chi connectivity index (χ0v) is 12.6. The average molecular weight is 288 g/mol. The second-order valence-electron chi connectivity index (χ2n) is 3.94. The summed E-state index contributed by atoms with van der Waals surface area (Å²) in [5.74, 6) is 2.07. The summed E-state index contributed by atoms with van der Waals surface area (Å²) in [5.41, 5.74) is 0.962. The molecule has 0 fully saturated rings. The van der Waals surface area contributed by atoms with Crippen LogP contribution in [0.15, 0.2) is 6.33 Å². The van der Waals surface area contributed by atoms with Crippen LogP contribution in [-0.2, 0) is 4.74 Å². The van der Waals surface area contributed by atoms with Crippen molar-refractivity contribution in [3.05, 3.63) is 11.9 Å².